The zero-order chi connectivity index (χ0) is 24.5. The average Bonchev–Trinajstić information content (AvgIpc) is 3.43. The number of hydrogen-bond donors (Lipinski definition) is 1. The summed E-state index contributed by atoms with van der Waals surface area (Å²) in [6, 6.07) is 12.4. The smallest absolute Gasteiger partial charge is 0.307 e. The lowest BCUT2D eigenvalue weighted by Gasteiger charge is -2.28. The molecule has 0 unspecified atom stereocenters. The zero-order valence-corrected chi connectivity index (χ0v) is 20.9. The number of halogens is 2. The molecule has 2 atom stereocenters. The minimum absolute atomic E-state index is 0.234. The first kappa shape index (κ1) is 23.5. The second kappa shape index (κ2) is 9.81. The van der Waals surface area contributed by atoms with Crippen LogP contribution in [0.25, 0.3) is 11.0 Å². The number of carbonyl (C=O) groups is 1. The number of imidazole rings is 1. The molecule has 2 aromatic carbocycles. The highest BCUT2D eigenvalue weighted by Crippen LogP contribution is 2.39. The van der Waals surface area contributed by atoms with Gasteiger partial charge in [-0.1, -0.05) is 28.8 Å². The predicted octanol–water partition coefficient (Wildman–Crippen LogP) is 5.66. The van der Waals surface area contributed by atoms with E-state index in [1.807, 2.05) is 42.1 Å². The van der Waals surface area contributed by atoms with E-state index < -0.39 is 11.9 Å². The van der Waals surface area contributed by atoms with Crippen LogP contribution in [0.2, 0.25) is 0 Å². The molecule has 0 spiro atoms. The van der Waals surface area contributed by atoms with Crippen LogP contribution in [0.5, 0.6) is 5.75 Å². The monoisotopic (exact) mass is 540 g/mol. The maximum Gasteiger partial charge on any atom is 0.307 e. The molecule has 1 aliphatic carbocycles. The van der Waals surface area contributed by atoms with E-state index in [0.29, 0.717) is 30.2 Å². The molecule has 5 rings (SSSR count). The normalized spacial score (nSPS) is 18.1. The number of ether oxygens (including phenoxy) is 1. The molecule has 35 heavy (non-hydrogen) atoms. The SMILES string of the molecule is Cn1ccc(COc2ccc3nc([C@H]4CCCC[C@H]4C(=O)O)n(Cc4cc(Br)ccc4F)c3c2)n1. The van der Waals surface area contributed by atoms with Gasteiger partial charge < -0.3 is 14.4 Å². The third-order valence-electron chi connectivity index (χ3n) is 6.66. The van der Waals surface area contributed by atoms with E-state index >= 15 is 0 Å². The first-order chi connectivity index (χ1) is 16.9. The van der Waals surface area contributed by atoms with Crippen molar-refractivity contribution in [3.05, 3.63) is 76.0 Å². The Morgan fingerprint density at radius 2 is 2.03 bits per heavy atom. The van der Waals surface area contributed by atoms with Gasteiger partial charge in [-0.2, -0.15) is 5.10 Å². The molecule has 7 nitrogen and oxygen atoms in total. The molecule has 0 amide bonds. The van der Waals surface area contributed by atoms with Crippen molar-refractivity contribution < 1.29 is 19.0 Å². The van der Waals surface area contributed by atoms with Crippen molar-refractivity contribution in [2.24, 2.45) is 13.0 Å². The van der Waals surface area contributed by atoms with E-state index in [-0.39, 0.29) is 18.3 Å². The fraction of sp³-hybridized carbons (Fsp3) is 0.346. The average molecular weight is 541 g/mol. The number of aromatic nitrogens is 4. The lowest BCUT2D eigenvalue weighted by Crippen LogP contribution is -2.28. The summed E-state index contributed by atoms with van der Waals surface area (Å²) in [5.41, 5.74) is 2.83. The highest BCUT2D eigenvalue weighted by atomic mass is 79.9. The second-order valence-corrected chi connectivity index (χ2v) is 9.96. The van der Waals surface area contributed by atoms with Gasteiger partial charge >= 0.3 is 5.97 Å². The molecule has 0 bridgehead atoms. The number of benzene rings is 2. The first-order valence-corrected chi connectivity index (χ1v) is 12.5. The Balaban J connectivity index is 1.57. The number of hydrogen-bond acceptors (Lipinski definition) is 4. The Morgan fingerprint density at radius 1 is 1.20 bits per heavy atom. The molecule has 1 saturated carbocycles. The van der Waals surface area contributed by atoms with Crippen LogP contribution in [0.1, 0.15) is 48.7 Å². The van der Waals surface area contributed by atoms with Gasteiger partial charge in [0.05, 0.1) is 29.2 Å². The minimum atomic E-state index is -0.804. The summed E-state index contributed by atoms with van der Waals surface area (Å²) in [4.78, 5) is 16.9. The van der Waals surface area contributed by atoms with Gasteiger partial charge in [0.2, 0.25) is 0 Å². The summed E-state index contributed by atoms with van der Waals surface area (Å²) in [6.45, 7) is 0.557. The number of carboxylic acid groups (broad SMARTS) is 1. The van der Waals surface area contributed by atoms with Gasteiger partial charge in [-0.3, -0.25) is 9.48 Å². The minimum Gasteiger partial charge on any atom is -0.487 e. The largest absolute Gasteiger partial charge is 0.487 e. The molecular formula is C26H26BrFN4O3. The van der Waals surface area contributed by atoms with Crippen LogP contribution in [-0.4, -0.2) is 30.4 Å². The van der Waals surface area contributed by atoms with E-state index in [4.69, 9.17) is 9.72 Å². The Bertz CT molecular complexity index is 1380. The molecule has 0 aliphatic heterocycles. The van der Waals surface area contributed by atoms with Crippen LogP contribution >= 0.6 is 15.9 Å². The summed E-state index contributed by atoms with van der Waals surface area (Å²) >= 11 is 3.43. The fourth-order valence-corrected chi connectivity index (χ4v) is 5.34. The van der Waals surface area contributed by atoms with Crippen LogP contribution in [0.4, 0.5) is 4.39 Å². The molecule has 4 aromatic rings. The maximum absolute atomic E-state index is 14.7. The maximum atomic E-state index is 14.7. The standard InChI is InChI=1S/C26H26BrFN4O3/c1-31-11-10-18(30-31)15-35-19-7-9-23-24(13-19)32(14-16-12-17(27)6-8-22(16)28)25(29-23)20-4-2-3-5-21(20)26(33)34/h6-13,20-21H,2-5,14-15H2,1H3,(H,33,34)/t20-,21+/m0/s1. The molecule has 9 heteroatoms. The lowest BCUT2D eigenvalue weighted by atomic mass is 9.78. The first-order valence-electron chi connectivity index (χ1n) is 11.7. The lowest BCUT2D eigenvalue weighted by molar-refractivity contribution is -0.143. The second-order valence-electron chi connectivity index (χ2n) is 9.05. The van der Waals surface area contributed by atoms with Gasteiger partial charge in [-0.15, -0.1) is 0 Å². The van der Waals surface area contributed by atoms with Crippen molar-refractivity contribution in [3.8, 4) is 5.75 Å². The third kappa shape index (κ3) is 4.96. The molecule has 1 fully saturated rings. The summed E-state index contributed by atoms with van der Waals surface area (Å²) in [5, 5.41) is 14.2. The van der Waals surface area contributed by atoms with Crippen molar-refractivity contribution >= 4 is 32.9 Å². The highest BCUT2D eigenvalue weighted by Gasteiger charge is 2.35. The van der Waals surface area contributed by atoms with Gasteiger partial charge in [-0.25, -0.2) is 9.37 Å². The Kier molecular flexibility index (Phi) is 6.60. The quantitative estimate of drug-likeness (QED) is 0.327. The van der Waals surface area contributed by atoms with Crippen molar-refractivity contribution in [1.82, 2.24) is 19.3 Å². The number of aryl methyl sites for hydroxylation is 1. The number of aliphatic carboxylic acids is 1. The number of carboxylic acids is 1. The van der Waals surface area contributed by atoms with E-state index in [2.05, 4.69) is 21.0 Å². The molecule has 1 aliphatic rings. The van der Waals surface area contributed by atoms with Crippen LogP contribution in [0.15, 0.2) is 53.1 Å². The van der Waals surface area contributed by atoms with Gasteiger partial charge in [0.1, 0.15) is 24.0 Å². The molecule has 0 radical (unpaired) electrons. The fourth-order valence-electron chi connectivity index (χ4n) is 4.93. The molecule has 182 valence electrons. The Hall–Kier alpha value is -3.20. The van der Waals surface area contributed by atoms with Crippen molar-refractivity contribution in [2.45, 2.75) is 44.8 Å². The molecule has 1 N–H and O–H groups in total. The van der Waals surface area contributed by atoms with Crippen LogP contribution in [0, 0.1) is 11.7 Å². The van der Waals surface area contributed by atoms with Crippen LogP contribution in [0.3, 0.4) is 0 Å². The zero-order valence-electron chi connectivity index (χ0n) is 19.3. The van der Waals surface area contributed by atoms with E-state index in [1.54, 1.807) is 16.8 Å². The van der Waals surface area contributed by atoms with Crippen molar-refractivity contribution in [3.63, 3.8) is 0 Å². The van der Waals surface area contributed by atoms with Crippen LogP contribution in [-0.2, 0) is 25.0 Å². The molecule has 2 aromatic heterocycles. The van der Waals surface area contributed by atoms with E-state index in [1.165, 1.54) is 6.07 Å². The predicted molar refractivity (Wildman–Crippen MR) is 133 cm³/mol. The van der Waals surface area contributed by atoms with Gasteiger partial charge in [0.25, 0.3) is 0 Å². The molecular weight excluding hydrogens is 515 g/mol. The number of rotatable bonds is 7. The van der Waals surface area contributed by atoms with Gasteiger partial charge in [0.15, 0.2) is 0 Å². The van der Waals surface area contributed by atoms with Crippen LogP contribution < -0.4 is 4.74 Å². The summed E-state index contributed by atoms with van der Waals surface area (Å²) in [7, 11) is 1.85. The molecule has 2 heterocycles. The van der Waals surface area contributed by atoms with Gasteiger partial charge in [0, 0.05) is 35.3 Å². The number of nitrogens with zero attached hydrogens (tertiary/aromatic N) is 4. The summed E-state index contributed by atoms with van der Waals surface area (Å²) in [5.74, 6) is -0.533. The van der Waals surface area contributed by atoms with Crippen molar-refractivity contribution in [1.29, 1.82) is 0 Å². The Morgan fingerprint density at radius 3 is 2.80 bits per heavy atom. The summed E-state index contributed by atoms with van der Waals surface area (Å²) < 4.78 is 25.2. The van der Waals surface area contributed by atoms with Crippen molar-refractivity contribution in [2.75, 3.05) is 0 Å². The van der Waals surface area contributed by atoms with E-state index in [0.717, 1.165) is 40.5 Å². The van der Waals surface area contributed by atoms with Gasteiger partial charge in [-0.05, 0) is 49.2 Å². The highest BCUT2D eigenvalue weighted by molar-refractivity contribution is 9.10. The summed E-state index contributed by atoms with van der Waals surface area (Å²) in [6.07, 6.45) is 5.05. The Labute approximate surface area is 210 Å². The van der Waals surface area contributed by atoms with E-state index in [9.17, 15) is 14.3 Å². The molecule has 0 saturated heterocycles. The number of fused-ring (bicyclic) bond motifs is 1. The topological polar surface area (TPSA) is 82.2 Å². The third-order valence-corrected chi connectivity index (χ3v) is 7.15.